The van der Waals surface area contributed by atoms with Crippen molar-refractivity contribution in [2.45, 2.75) is 19.9 Å². The molecule has 0 fully saturated rings. The molecule has 0 aromatic heterocycles. The summed E-state index contributed by atoms with van der Waals surface area (Å²) in [6.07, 6.45) is 0. The fourth-order valence-electron chi connectivity index (χ4n) is 1.64. The number of nitrogens with two attached hydrogens (primary N) is 1. The summed E-state index contributed by atoms with van der Waals surface area (Å²) in [7, 11) is 2.92. The van der Waals surface area contributed by atoms with Crippen LogP contribution in [0.2, 0.25) is 0 Å². The topological polar surface area (TPSA) is 84.9 Å². The fraction of sp³-hybridized carbons (Fsp3) is 0.538. The van der Waals surface area contributed by atoms with Crippen molar-refractivity contribution < 1.29 is 19.7 Å². The van der Waals surface area contributed by atoms with Crippen LogP contribution in [0.25, 0.3) is 0 Å². The number of aliphatic hydroxyl groups excluding tert-OH is 1. The SMILES string of the molecule is COc1cc([C@@H](N)C(C)(C)CO)cc(OC)c1O.Cl. The van der Waals surface area contributed by atoms with Gasteiger partial charge in [-0.25, -0.2) is 0 Å². The van der Waals surface area contributed by atoms with Gasteiger partial charge >= 0.3 is 0 Å². The molecule has 0 heterocycles. The molecule has 0 aliphatic rings. The van der Waals surface area contributed by atoms with Gasteiger partial charge in [0.15, 0.2) is 11.5 Å². The van der Waals surface area contributed by atoms with Crippen molar-refractivity contribution in [2.24, 2.45) is 11.1 Å². The summed E-state index contributed by atoms with van der Waals surface area (Å²) in [6, 6.07) is 2.91. The highest BCUT2D eigenvalue weighted by atomic mass is 35.5. The maximum atomic E-state index is 9.81. The van der Waals surface area contributed by atoms with Crippen molar-refractivity contribution in [1.29, 1.82) is 0 Å². The first-order valence-electron chi connectivity index (χ1n) is 5.68. The van der Waals surface area contributed by atoms with Gasteiger partial charge in [-0.2, -0.15) is 0 Å². The van der Waals surface area contributed by atoms with Gasteiger partial charge in [-0.05, 0) is 17.7 Å². The molecular weight excluding hydrogens is 270 g/mol. The second-order valence-corrected chi connectivity index (χ2v) is 4.90. The first kappa shape index (κ1) is 17.8. The van der Waals surface area contributed by atoms with E-state index in [-0.39, 0.29) is 24.8 Å². The number of phenols is 1. The Morgan fingerprint density at radius 3 is 1.95 bits per heavy atom. The van der Waals surface area contributed by atoms with Gasteiger partial charge in [0, 0.05) is 18.1 Å². The molecule has 0 unspecified atom stereocenters. The lowest BCUT2D eigenvalue weighted by Crippen LogP contribution is -2.32. The Kier molecular flexibility index (Phi) is 6.42. The van der Waals surface area contributed by atoms with Crippen molar-refractivity contribution in [2.75, 3.05) is 20.8 Å². The average molecular weight is 292 g/mol. The predicted octanol–water partition coefficient (Wildman–Crippen LogP) is 1.85. The number of hydrogen-bond acceptors (Lipinski definition) is 5. The van der Waals surface area contributed by atoms with Crippen molar-refractivity contribution >= 4 is 12.4 Å². The molecule has 0 bridgehead atoms. The molecule has 0 amide bonds. The van der Waals surface area contributed by atoms with Gasteiger partial charge in [0.1, 0.15) is 0 Å². The minimum absolute atomic E-state index is 0. The number of aromatic hydroxyl groups is 1. The summed E-state index contributed by atoms with van der Waals surface area (Å²) in [6.45, 7) is 3.69. The highest BCUT2D eigenvalue weighted by molar-refractivity contribution is 5.85. The zero-order chi connectivity index (χ0) is 13.9. The van der Waals surface area contributed by atoms with Crippen LogP contribution in [0.5, 0.6) is 17.2 Å². The van der Waals surface area contributed by atoms with E-state index in [1.165, 1.54) is 14.2 Å². The highest BCUT2D eigenvalue weighted by Crippen LogP contribution is 2.41. The first-order valence-corrected chi connectivity index (χ1v) is 5.68. The molecule has 1 atom stereocenters. The molecule has 1 aromatic rings. The number of methoxy groups -OCH3 is 2. The van der Waals surface area contributed by atoms with Gasteiger partial charge in [-0.15, -0.1) is 12.4 Å². The van der Waals surface area contributed by atoms with E-state index in [2.05, 4.69) is 0 Å². The number of halogens is 1. The van der Waals surface area contributed by atoms with E-state index in [1.807, 2.05) is 13.8 Å². The van der Waals surface area contributed by atoms with Crippen molar-refractivity contribution in [1.82, 2.24) is 0 Å². The van der Waals surface area contributed by atoms with E-state index in [0.717, 1.165) is 5.56 Å². The minimum Gasteiger partial charge on any atom is -0.502 e. The molecular formula is C13H22ClNO4. The van der Waals surface area contributed by atoms with Gasteiger partial charge in [-0.1, -0.05) is 13.8 Å². The summed E-state index contributed by atoms with van der Waals surface area (Å²) in [5, 5.41) is 19.2. The lowest BCUT2D eigenvalue weighted by atomic mass is 9.81. The van der Waals surface area contributed by atoms with E-state index in [1.54, 1.807) is 12.1 Å². The minimum atomic E-state index is -0.479. The van der Waals surface area contributed by atoms with Crippen molar-refractivity contribution in [3.8, 4) is 17.2 Å². The molecule has 1 rings (SSSR count). The molecule has 4 N–H and O–H groups in total. The normalized spacial score (nSPS) is 12.5. The van der Waals surface area contributed by atoms with Crippen LogP contribution in [-0.4, -0.2) is 31.0 Å². The molecule has 110 valence electrons. The fourth-order valence-corrected chi connectivity index (χ4v) is 1.64. The summed E-state index contributed by atoms with van der Waals surface area (Å²) in [5.74, 6) is 0.542. The molecule has 19 heavy (non-hydrogen) atoms. The van der Waals surface area contributed by atoms with E-state index < -0.39 is 11.5 Å². The number of rotatable bonds is 5. The van der Waals surface area contributed by atoms with Gasteiger partial charge in [0.2, 0.25) is 5.75 Å². The maximum Gasteiger partial charge on any atom is 0.200 e. The summed E-state index contributed by atoms with van der Waals surface area (Å²) in [5.41, 5.74) is 6.39. The van der Waals surface area contributed by atoms with Gasteiger partial charge in [0.25, 0.3) is 0 Å². The van der Waals surface area contributed by atoms with Crippen LogP contribution in [0.3, 0.4) is 0 Å². The molecule has 1 aromatic carbocycles. The number of aliphatic hydroxyl groups is 1. The first-order chi connectivity index (χ1) is 8.37. The van der Waals surface area contributed by atoms with Crippen LogP contribution in [0.15, 0.2) is 12.1 Å². The van der Waals surface area contributed by atoms with Crippen LogP contribution in [-0.2, 0) is 0 Å². The Hall–Kier alpha value is -1.17. The largest absolute Gasteiger partial charge is 0.502 e. The van der Waals surface area contributed by atoms with Crippen LogP contribution in [0.1, 0.15) is 25.5 Å². The number of benzene rings is 1. The van der Waals surface area contributed by atoms with E-state index in [0.29, 0.717) is 11.5 Å². The third-order valence-corrected chi connectivity index (χ3v) is 3.11. The Labute approximate surface area is 119 Å². The number of phenolic OH excluding ortho intramolecular Hbond substituents is 1. The molecule has 0 aliphatic carbocycles. The summed E-state index contributed by atoms with van der Waals surface area (Å²) < 4.78 is 10.2. The third kappa shape index (κ3) is 3.65. The average Bonchev–Trinajstić information content (AvgIpc) is 2.38. The number of hydrogen-bond donors (Lipinski definition) is 3. The molecule has 0 saturated carbocycles. The maximum absolute atomic E-state index is 9.81. The van der Waals surface area contributed by atoms with Crippen LogP contribution in [0, 0.1) is 5.41 Å². The lowest BCUT2D eigenvalue weighted by Gasteiger charge is -2.30. The highest BCUT2D eigenvalue weighted by Gasteiger charge is 2.28. The molecule has 0 spiro atoms. The lowest BCUT2D eigenvalue weighted by molar-refractivity contribution is 0.132. The smallest absolute Gasteiger partial charge is 0.200 e. The third-order valence-electron chi connectivity index (χ3n) is 3.11. The number of ether oxygens (including phenoxy) is 2. The zero-order valence-corrected chi connectivity index (χ0v) is 12.5. The Bertz CT molecular complexity index is 398. The predicted molar refractivity (Wildman–Crippen MR) is 76.3 cm³/mol. The second kappa shape index (κ2) is 6.84. The van der Waals surface area contributed by atoms with Gasteiger partial charge in [0.05, 0.1) is 14.2 Å². The van der Waals surface area contributed by atoms with Gasteiger partial charge in [-0.3, -0.25) is 0 Å². The molecule has 5 nitrogen and oxygen atoms in total. The van der Waals surface area contributed by atoms with E-state index >= 15 is 0 Å². The Balaban J connectivity index is 0.00000324. The van der Waals surface area contributed by atoms with Crippen LogP contribution in [0.4, 0.5) is 0 Å². The summed E-state index contributed by atoms with van der Waals surface area (Å²) in [4.78, 5) is 0. The summed E-state index contributed by atoms with van der Waals surface area (Å²) >= 11 is 0. The second-order valence-electron chi connectivity index (χ2n) is 4.90. The molecule has 0 aliphatic heterocycles. The van der Waals surface area contributed by atoms with Crippen molar-refractivity contribution in [3.05, 3.63) is 17.7 Å². The molecule has 0 saturated heterocycles. The monoisotopic (exact) mass is 291 g/mol. The zero-order valence-electron chi connectivity index (χ0n) is 11.6. The molecule has 0 radical (unpaired) electrons. The Morgan fingerprint density at radius 2 is 1.63 bits per heavy atom. The van der Waals surface area contributed by atoms with E-state index in [4.69, 9.17) is 15.2 Å². The Morgan fingerprint density at radius 1 is 1.21 bits per heavy atom. The van der Waals surface area contributed by atoms with Crippen LogP contribution < -0.4 is 15.2 Å². The quantitative estimate of drug-likeness (QED) is 0.771. The standard InChI is InChI=1S/C13H21NO4.ClH/c1-13(2,7-15)12(14)8-5-9(17-3)11(16)10(6-8)18-4;/h5-6,12,15-16H,7,14H2,1-4H3;1H/t12-;/m1./s1. The van der Waals surface area contributed by atoms with E-state index in [9.17, 15) is 10.2 Å². The molecule has 6 heteroatoms. The van der Waals surface area contributed by atoms with Crippen molar-refractivity contribution in [3.63, 3.8) is 0 Å². The van der Waals surface area contributed by atoms with Gasteiger partial charge < -0.3 is 25.4 Å². The van der Waals surface area contributed by atoms with Crippen LogP contribution >= 0.6 is 12.4 Å².